The maximum absolute atomic E-state index is 13.6. The predicted octanol–water partition coefficient (Wildman–Crippen LogP) is 2.55. The fourth-order valence-corrected chi connectivity index (χ4v) is 1.46. The molecule has 0 saturated heterocycles. The minimum atomic E-state index is -0.647. The molecule has 0 unspecified atom stereocenters. The second kappa shape index (κ2) is 4.26. The van der Waals surface area contributed by atoms with Crippen LogP contribution >= 0.6 is 0 Å². The third-order valence-corrected chi connectivity index (χ3v) is 2.19. The van der Waals surface area contributed by atoms with Crippen LogP contribution in [-0.2, 0) is 4.74 Å². The monoisotopic (exact) mass is 219 g/mol. The fourth-order valence-electron chi connectivity index (χ4n) is 1.46. The highest BCUT2D eigenvalue weighted by molar-refractivity contribution is 5.94. The van der Waals surface area contributed by atoms with Crippen molar-refractivity contribution in [2.24, 2.45) is 0 Å². The third kappa shape index (κ3) is 1.86. The molecule has 4 heteroatoms. The van der Waals surface area contributed by atoms with Crippen molar-refractivity contribution in [1.29, 1.82) is 0 Å². The third-order valence-electron chi connectivity index (χ3n) is 2.19. The Bertz CT molecular complexity index is 540. The number of carbonyl (C=O) groups excluding carboxylic acids is 1. The number of esters is 1. The number of carbonyl (C=O) groups is 1. The summed E-state index contributed by atoms with van der Waals surface area (Å²) in [5, 5.41) is 0.715. The first-order chi connectivity index (χ1) is 7.72. The van der Waals surface area contributed by atoms with Crippen LogP contribution in [0.25, 0.3) is 10.9 Å². The van der Waals surface area contributed by atoms with E-state index < -0.39 is 11.8 Å². The van der Waals surface area contributed by atoms with Gasteiger partial charge in [-0.1, -0.05) is 6.07 Å². The average Bonchev–Trinajstić information content (AvgIpc) is 2.28. The lowest BCUT2D eigenvalue weighted by Crippen LogP contribution is -2.07. The van der Waals surface area contributed by atoms with Gasteiger partial charge in [0.1, 0.15) is 5.82 Å². The number of benzene rings is 1. The predicted molar refractivity (Wildman–Crippen MR) is 57.7 cm³/mol. The normalized spacial score (nSPS) is 10.4. The van der Waals surface area contributed by atoms with E-state index in [9.17, 15) is 9.18 Å². The number of pyridine rings is 1. The van der Waals surface area contributed by atoms with E-state index in [2.05, 4.69) is 4.98 Å². The average molecular weight is 219 g/mol. The van der Waals surface area contributed by atoms with Crippen LogP contribution in [0.3, 0.4) is 0 Å². The van der Waals surface area contributed by atoms with Crippen LogP contribution in [0, 0.1) is 5.82 Å². The first-order valence-corrected chi connectivity index (χ1v) is 4.93. The smallest absolute Gasteiger partial charge is 0.341 e. The molecule has 0 aliphatic carbocycles. The van der Waals surface area contributed by atoms with Gasteiger partial charge < -0.3 is 4.74 Å². The van der Waals surface area contributed by atoms with Crippen molar-refractivity contribution in [2.45, 2.75) is 6.92 Å². The van der Waals surface area contributed by atoms with Crippen molar-refractivity contribution in [3.05, 3.63) is 41.8 Å². The molecule has 0 N–H and O–H groups in total. The summed E-state index contributed by atoms with van der Waals surface area (Å²) in [6.07, 6.45) is 1.58. The molecule has 82 valence electrons. The van der Waals surface area contributed by atoms with E-state index in [1.54, 1.807) is 25.3 Å². The Morgan fingerprint density at radius 3 is 3.06 bits per heavy atom. The van der Waals surface area contributed by atoms with Crippen molar-refractivity contribution < 1.29 is 13.9 Å². The molecule has 1 aromatic heterocycles. The summed E-state index contributed by atoms with van der Waals surface area (Å²) in [5.74, 6) is -1.25. The van der Waals surface area contributed by atoms with Crippen LogP contribution in [0.4, 0.5) is 4.39 Å². The van der Waals surface area contributed by atoms with E-state index in [0.717, 1.165) is 0 Å². The van der Waals surface area contributed by atoms with E-state index in [1.807, 2.05) is 0 Å². The van der Waals surface area contributed by atoms with Crippen LogP contribution in [-0.4, -0.2) is 17.6 Å². The topological polar surface area (TPSA) is 39.2 Å². The van der Waals surface area contributed by atoms with Crippen LogP contribution < -0.4 is 0 Å². The van der Waals surface area contributed by atoms with Gasteiger partial charge >= 0.3 is 5.97 Å². The minimum Gasteiger partial charge on any atom is -0.462 e. The lowest BCUT2D eigenvalue weighted by molar-refractivity contribution is 0.0521. The minimum absolute atomic E-state index is 0.0534. The number of hydrogen-bond acceptors (Lipinski definition) is 3. The van der Waals surface area contributed by atoms with Crippen molar-refractivity contribution in [3.63, 3.8) is 0 Å². The Labute approximate surface area is 91.9 Å². The van der Waals surface area contributed by atoms with Gasteiger partial charge in [-0.15, -0.1) is 0 Å². The molecule has 0 aliphatic heterocycles. The second-order valence-electron chi connectivity index (χ2n) is 3.25. The molecule has 0 spiro atoms. The maximum atomic E-state index is 13.6. The highest BCUT2D eigenvalue weighted by Crippen LogP contribution is 2.17. The van der Waals surface area contributed by atoms with Crippen molar-refractivity contribution in [2.75, 3.05) is 6.61 Å². The summed E-state index contributed by atoms with van der Waals surface area (Å²) < 4.78 is 18.3. The summed E-state index contributed by atoms with van der Waals surface area (Å²) in [4.78, 5) is 15.4. The SMILES string of the molecule is CCOC(=O)c1cc2cccnc2cc1F. The Morgan fingerprint density at radius 2 is 2.31 bits per heavy atom. The molecule has 0 aliphatic rings. The number of nitrogens with zero attached hydrogens (tertiary/aromatic N) is 1. The Hall–Kier alpha value is -1.97. The summed E-state index contributed by atoms with van der Waals surface area (Å²) in [5.41, 5.74) is 0.468. The fraction of sp³-hybridized carbons (Fsp3) is 0.167. The van der Waals surface area contributed by atoms with Crippen LogP contribution in [0.2, 0.25) is 0 Å². The van der Waals surface area contributed by atoms with E-state index in [1.165, 1.54) is 12.1 Å². The molecule has 0 bridgehead atoms. The molecule has 0 radical (unpaired) electrons. The molecular formula is C12H10FNO2. The first-order valence-electron chi connectivity index (χ1n) is 4.93. The number of fused-ring (bicyclic) bond motifs is 1. The number of ether oxygens (including phenoxy) is 1. The Kier molecular flexibility index (Phi) is 2.81. The molecule has 2 aromatic rings. The van der Waals surface area contributed by atoms with E-state index >= 15 is 0 Å². The summed E-state index contributed by atoms with van der Waals surface area (Å²) in [6.45, 7) is 1.90. The molecule has 2 rings (SSSR count). The molecular weight excluding hydrogens is 209 g/mol. The van der Waals surface area contributed by atoms with Gasteiger partial charge in [-0.05, 0) is 19.1 Å². The number of aromatic nitrogens is 1. The molecule has 1 aromatic carbocycles. The number of rotatable bonds is 2. The quantitative estimate of drug-likeness (QED) is 0.728. The van der Waals surface area contributed by atoms with Gasteiger partial charge in [-0.2, -0.15) is 0 Å². The molecule has 0 atom stereocenters. The van der Waals surface area contributed by atoms with Gasteiger partial charge in [-0.25, -0.2) is 9.18 Å². The standard InChI is InChI=1S/C12H10FNO2/c1-2-16-12(15)9-6-8-4-3-5-14-11(8)7-10(9)13/h3-7H,2H2,1H3. The highest BCUT2D eigenvalue weighted by Gasteiger charge is 2.13. The zero-order valence-corrected chi connectivity index (χ0v) is 8.74. The van der Waals surface area contributed by atoms with Crippen molar-refractivity contribution in [1.82, 2.24) is 4.98 Å². The molecule has 0 amide bonds. The zero-order chi connectivity index (χ0) is 11.5. The van der Waals surface area contributed by atoms with Gasteiger partial charge in [0.05, 0.1) is 17.7 Å². The summed E-state index contributed by atoms with van der Waals surface area (Å²) in [7, 11) is 0. The highest BCUT2D eigenvalue weighted by atomic mass is 19.1. The van der Waals surface area contributed by atoms with Gasteiger partial charge in [0, 0.05) is 17.6 Å². The Morgan fingerprint density at radius 1 is 1.50 bits per heavy atom. The molecule has 1 heterocycles. The van der Waals surface area contributed by atoms with Crippen LogP contribution in [0.5, 0.6) is 0 Å². The summed E-state index contributed by atoms with van der Waals surface area (Å²) >= 11 is 0. The maximum Gasteiger partial charge on any atom is 0.341 e. The van der Waals surface area contributed by atoms with Crippen LogP contribution in [0.1, 0.15) is 17.3 Å². The van der Waals surface area contributed by atoms with Crippen molar-refractivity contribution >= 4 is 16.9 Å². The molecule has 3 nitrogen and oxygen atoms in total. The second-order valence-corrected chi connectivity index (χ2v) is 3.25. The van der Waals surface area contributed by atoms with Crippen LogP contribution in [0.15, 0.2) is 30.5 Å². The lowest BCUT2D eigenvalue weighted by Gasteiger charge is -2.04. The molecule has 0 saturated carbocycles. The van der Waals surface area contributed by atoms with Gasteiger partial charge in [-0.3, -0.25) is 4.98 Å². The zero-order valence-electron chi connectivity index (χ0n) is 8.74. The van der Waals surface area contributed by atoms with E-state index in [4.69, 9.17) is 4.74 Å². The largest absolute Gasteiger partial charge is 0.462 e. The van der Waals surface area contributed by atoms with E-state index in [0.29, 0.717) is 10.9 Å². The van der Waals surface area contributed by atoms with Gasteiger partial charge in [0.25, 0.3) is 0 Å². The first kappa shape index (κ1) is 10.5. The lowest BCUT2D eigenvalue weighted by atomic mass is 10.1. The van der Waals surface area contributed by atoms with Gasteiger partial charge in [0.2, 0.25) is 0 Å². The Balaban J connectivity index is 2.54. The van der Waals surface area contributed by atoms with Gasteiger partial charge in [0.15, 0.2) is 0 Å². The summed E-state index contributed by atoms with van der Waals surface area (Å²) in [6, 6.07) is 6.19. The number of hydrogen-bond donors (Lipinski definition) is 0. The molecule has 16 heavy (non-hydrogen) atoms. The van der Waals surface area contributed by atoms with E-state index in [-0.39, 0.29) is 12.2 Å². The van der Waals surface area contributed by atoms with Crippen molar-refractivity contribution in [3.8, 4) is 0 Å². The number of halogens is 1. The molecule has 0 fully saturated rings.